The molecule has 0 unspecified atom stereocenters. The lowest BCUT2D eigenvalue weighted by molar-refractivity contribution is -0.166. The Hall–Kier alpha value is -3.70. The summed E-state index contributed by atoms with van der Waals surface area (Å²) in [5, 5.41) is 28.8. The van der Waals surface area contributed by atoms with Crippen LogP contribution in [0.2, 0.25) is 0 Å². The third-order valence-electron chi connectivity index (χ3n) is 7.80. The Morgan fingerprint density at radius 3 is 2.61 bits per heavy atom. The van der Waals surface area contributed by atoms with Gasteiger partial charge < -0.3 is 14.4 Å². The number of halogens is 1. The van der Waals surface area contributed by atoms with Gasteiger partial charge in [0.1, 0.15) is 5.82 Å². The average Bonchev–Trinajstić information content (AvgIpc) is 3.45. The Kier molecular flexibility index (Phi) is 5.84. The Balaban J connectivity index is 1.80. The highest BCUT2D eigenvalue weighted by molar-refractivity contribution is 5.99. The first kappa shape index (κ1) is 24.0. The molecule has 0 saturated heterocycles. The number of nitrogens with one attached hydrogen (secondary N) is 1. The van der Waals surface area contributed by atoms with Crippen molar-refractivity contribution in [1.82, 2.24) is 14.8 Å². The minimum atomic E-state index is -1.18. The number of carboxylic acids is 1. The summed E-state index contributed by atoms with van der Waals surface area (Å²) in [5.41, 5.74) is 3.07. The molecule has 1 saturated carbocycles. The van der Waals surface area contributed by atoms with E-state index in [1.165, 1.54) is 19.2 Å². The summed E-state index contributed by atoms with van der Waals surface area (Å²) in [5.74, 6) is -1.17. The van der Waals surface area contributed by atoms with Gasteiger partial charge in [0.05, 0.1) is 23.3 Å². The van der Waals surface area contributed by atoms with Gasteiger partial charge in [-0.25, -0.2) is 9.18 Å². The molecule has 2 N–H and O–H groups in total. The summed E-state index contributed by atoms with van der Waals surface area (Å²) >= 11 is 0. The molecule has 0 atom stereocenters. The van der Waals surface area contributed by atoms with Crippen LogP contribution in [0.4, 0.5) is 4.39 Å². The van der Waals surface area contributed by atoms with Crippen molar-refractivity contribution in [3.05, 3.63) is 59.7 Å². The molecule has 0 bridgehead atoms. The van der Waals surface area contributed by atoms with E-state index in [1.807, 2.05) is 0 Å². The molecular weight excluding hydrogens is 459 g/mol. The van der Waals surface area contributed by atoms with Gasteiger partial charge in [-0.1, -0.05) is 13.8 Å². The van der Waals surface area contributed by atoms with Gasteiger partial charge in [-0.2, -0.15) is 10.4 Å². The Morgan fingerprint density at radius 2 is 2.00 bits per heavy atom. The van der Waals surface area contributed by atoms with Gasteiger partial charge in [-0.15, -0.1) is 0 Å². The molecule has 0 spiro atoms. The zero-order valence-electron chi connectivity index (χ0n) is 20.6. The SMILES string of the molecule is COC1(C(=O)O)CCC(c2c(C(C)(C)CC#N)n(-c3ccc(F)cc3)c3cc4cn[nH]c4cc23)CC1. The van der Waals surface area contributed by atoms with Gasteiger partial charge in [0, 0.05) is 41.1 Å². The summed E-state index contributed by atoms with van der Waals surface area (Å²) < 4.78 is 21.5. The number of H-pyrrole nitrogens is 1. The van der Waals surface area contributed by atoms with Gasteiger partial charge in [0.15, 0.2) is 5.60 Å². The number of benzene rings is 2. The van der Waals surface area contributed by atoms with Gasteiger partial charge in [0.2, 0.25) is 0 Å². The molecule has 2 heterocycles. The maximum absolute atomic E-state index is 13.9. The summed E-state index contributed by atoms with van der Waals surface area (Å²) in [6, 6.07) is 12.9. The highest BCUT2D eigenvalue weighted by Crippen LogP contribution is 2.48. The van der Waals surface area contributed by atoms with Crippen molar-refractivity contribution < 1.29 is 19.0 Å². The number of hydrogen-bond acceptors (Lipinski definition) is 4. The van der Waals surface area contributed by atoms with Crippen molar-refractivity contribution >= 4 is 27.8 Å². The predicted molar refractivity (Wildman–Crippen MR) is 135 cm³/mol. The quantitative estimate of drug-likeness (QED) is 0.348. The standard InChI is InChI=1S/C28H29FN4O3/c1-27(2,12-13-30)25-24(17-8-10-28(36-3,11-9-17)26(34)35)21-15-22-18(16-31-32-22)14-23(21)33(25)20-6-4-19(29)5-7-20/h4-7,14-17H,8-12H2,1-3H3,(H,31,32)(H,34,35). The fourth-order valence-corrected chi connectivity index (χ4v) is 5.85. The number of methoxy groups -OCH3 is 1. The van der Waals surface area contributed by atoms with Crippen molar-refractivity contribution in [2.24, 2.45) is 0 Å². The van der Waals surface area contributed by atoms with E-state index < -0.39 is 17.0 Å². The van der Waals surface area contributed by atoms with Crippen molar-refractivity contribution in [2.75, 3.05) is 7.11 Å². The minimum Gasteiger partial charge on any atom is -0.479 e. The van der Waals surface area contributed by atoms with Crippen LogP contribution in [0.3, 0.4) is 0 Å². The van der Waals surface area contributed by atoms with Crippen LogP contribution in [0, 0.1) is 17.1 Å². The molecule has 186 valence electrons. The first-order chi connectivity index (χ1) is 17.2. The van der Waals surface area contributed by atoms with Crippen LogP contribution in [-0.2, 0) is 14.9 Å². The van der Waals surface area contributed by atoms with Crippen molar-refractivity contribution in [3.8, 4) is 11.8 Å². The summed E-state index contributed by atoms with van der Waals surface area (Å²) in [6.07, 6.45) is 4.14. The second kappa shape index (κ2) is 8.75. The molecule has 5 rings (SSSR count). The highest BCUT2D eigenvalue weighted by atomic mass is 19.1. The average molecular weight is 489 g/mol. The number of carboxylic acid groups (broad SMARTS) is 1. The lowest BCUT2D eigenvalue weighted by Gasteiger charge is -2.37. The zero-order valence-corrected chi connectivity index (χ0v) is 20.6. The Labute approximate surface area is 208 Å². The predicted octanol–water partition coefficient (Wildman–Crippen LogP) is 5.96. The first-order valence-electron chi connectivity index (χ1n) is 12.1. The van der Waals surface area contributed by atoms with Gasteiger partial charge in [-0.05, 0) is 73.6 Å². The molecule has 0 aliphatic heterocycles. The van der Waals surface area contributed by atoms with E-state index in [2.05, 4.69) is 46.8 Å². The van der Waals surface area contributed by atoms with Crippen molar-refractivity contribution in [3.63, 3.8) is 0 Å². The molecule has 8 heteroatoms. The molecule has 0 amide bonds. The molecule has 0 radical (unpaired) electrons. The van der Waals surface area contributed by atoms with E-state index in [0.717, 1.165) is 38.8 Å². The largest absolute Gasteiger partial charge is 0.479 e. The van der Waals surface area contributed by atoms with Crippen LogP contribution in [-0.4, -0.2) is 38.6 Å². The highest BCUT2D eigenvalue weighted by Gasteiger charge is 2.44. The van der Waals surface area contributed by atoms with Crippen LogP contribution in [0.15, 0.2) is 42.6 Å². The van der Waals surface area contributed by atoms with Crippen molar-refractivity contribution in [2.45, 2.75) is 62.9 Å². The monoisotopic (exact) mass is 488 g/mol. The van der Waals surface area contributed by atoms with E-state index in [1.54, 1.807) is 18.3 Å². The van der Waals surface area contributed by atoms with E-state index in [-0.39, 0.29) is 11.7 Å². The normalized spacial score (nSPS) is 20.6. The number of aliphatic carboxylic acids is 1. The fraction of sp³-hybridized carbons (Fsp3) is 0.393. The lowest BCUT2D eigenvalue weighted by atomic mass is 9.72. The third kappa shape index (κ3) is 3.75. The zero-order chi connectivity index (χ0) is 25.7. The molecule has 7 nitrogen and oxygen atoms in total. The lowest BCUT2D eigenvalue weighted by Crippen LogP contribution is -2.43. The van der Waals surface area contributed by atoms with Crippen molar-refractivity contribution in [1.29, 1.82) is 5.26 Å². The fourth-order valence-electron chi connectivity index (χ4n) is 5.85. The Bertz CT molecular complexity index is 1490. The maximum Gasteiger partial charge on any atom is 0.335 e. The smallest absolute Gasteiger partial charge is 0.335 e. The number of aromatic amines is 1. The topological polar surface area (TPSA) is 104 Å². The maximum atomic E-state index is 13.9. The van der Waals surface area contributed by atoms with E-state index in [0.29, 0.717) is 32.1 Å². The first-order valence-corrected chi connectivity index (χ1v) is 12.1. The number of fused-ring (bicyclic) bond motifs is 2. The number of nitrogens with zero attached hydrogens (tertiary/aromatic N) is 3. The molecule has 2 aromatic carbocycles. The molecule has 1 fully saturated rings. The second-order valence-corrected chi connectivity index (χ2v) is 10.4. The number of rotatable bonds is 6. The van der Waals surface area contributed by atoms with Crippen LogP contribution in [0.25, 0.3) is 27.5 Å². The van der Waals surface area contributed by atoms with E-state index in [4.69, 9.17) is 4.74 Å². The van der Waals surface area contributed by atoms with E-state index in [9.17, 15) is 19.6 Å². The van der Waals surface area contributed by atoms with Crippen LogP contribution >= 0.6 is 0 Å². The number of aromatic nitrogens is 3. The van der Waals surface area contributed by atoms with Gasteiger partial charge in [-0.3, -0.25) is 5.10 Å². The second-order valence-electron chi connectivity index (χ2n) is 10.4. The molecule has 4 aromatic rings. The van der Waals surface area contributed by atoms with Gasteiger partial charge >= 0.3 is 5.97 Å². The number of carbonyl (C=O) groups is 1. The minimum absolute atomic E-state index is 0.0742. The molecule has 2 aromatic heterocycles. The number of nitriles is 1. The van der Waals surface area contributed by atoms with Gasteiger partial charge in [0.25, 0.3) is 0 Å². The Morgan fingerprint density at radius 1 is 1.31 bits per heavy atom. The third-order valence-corrected chi connectivity index (χ3v) is 7.80. The summed E-state index contributed by atoms with van der Waals surface area (Å²) in [4.78, 5) is 12.0. The molecule has 36 heavy (non-hydrogen) atoms. The summed E-state index contributed by atoms with van der Waals surface area (Å²) in [7, 11) is 1.46. The van der Waals surface area contributed by atoms with Crippen LogP contribution in [0.1, 0.15) is 63.1 Å². The molecule has 1 aliphatic rings. The van der Waals surface area contributed by atoms with E-state index >= 15 is 0 Å². The number of hydrogen-bond donors (Lipinski definition) is 2. The summed E-state index contributed by atoms with van der Waals surface area (Å²) in [6.45, 7) is 4.11. The number of ether oxygens (including phenoxy) is 1. The molecule has 1 aliphatic carbocycles. The van der Waals surface area contributed by atoms with Crippen LogP contribution < -0.4 is 0 Å². The van der Waals surface area contributed by atoms with Crippen LogP contribution in [0.5, 0.6) is 0 Å². The molecular formula is C28H29FN4O3.